The Hall–Kier alpha value is -8.96. The molecule has 0 radical (unpaired) electrons. The monoisotopic (exact) mass is 944 g/mol. The molecular weight excluding hydrogens is 893 g/mol. The average molecular weight is 945 g/mol. The zero-order chi connectivity index (χ0) is 49.6. The summed E-state index contributed by atoms with van der Waals surface area (Å²) in [5.74, 6) is 16.8. The average Bonchev–Trinajstić information content (AvgIpc) is 3.44. The van der Waals surface area contributed by atoms with Gasteiger partial charge < -0.3 is 18.9 Å². The molecule has 2 heterocycles. The molecule has 0 saturated heterocycles. The molecule has 12 rings (SSSR count). The number of hydrogen-bond donors (Lipinski definition) is 0. The van der Waals surface area contributed by atoms with E-state index in [9.17, 15) is 0 Å². The molecule has 0 spiro atoms. The minimum absolute atomic E-state index is 0.356. The number of rotatable bonds is 10. The predicted octanol–water partition coefficient (Wildman–Crippen LogP) is 16.1. The van der Waals surface area contributed by atoms with Gasteiger partial charge in [-0.2, -0.15) is 0 Å². The Bertz CT molecular complexity index is 3530. The summed E-state index contributed by atoms with van der Waals surface area (Å²) in [4.78, 5) is 0. The van der Waals surface area contributed by atoms with Crippen LogP contribution >= 0.6 is 0 Å². The van der Waals surface area contributed by atoms with Gasteiger partial charge in [-0.25, -0.2) is 0 Å². The molecular formula is C69H52O4. The second kappa shape index (κ2) is 18.3. The topological polar surface area (TPSA) is 36.9 Å². The van der Waals surface area contributed by atoms with Crippen LogP contribution in [-0.2, 0) is 16.2 Å². The van der Waals surface area contributed by atoms with Crippen LogP contribution in [0.25, 0.3) is 21.5 Å². The van der Waals surface area contributed by atoms with E-state index < -0.39 is 10.8 Å². The summed E-state index contributed by atoms with van der Waals surface area (Å²) in [6, 6.07) is 78.7. The minimum Gasteiger partial charge on any atom is -0.481 e. The fraction of sp³-hybridized carbons (Fsp3) is 0.130. The first-order valence-corrected chi connectivity index (χ1v) is 24.9. The summed E-state index contributed by atoms with van der Waals surface area (Å²) in [5.41, 5.74) is 9.74. The third-order valence-corrected chi connectivity index (χ3v) is 15.1. The van der Waals surface area contributed by atoms with Crippen molar-refractivity contribution in [1.82, 2.24) is 0 Å². The molecule has 0 atom stereocenters. The summed E-state index contributed by atoms with van der Waals surface area (Å²) in [7, 11) is 0. The van der Waals surface area contributed by atoms with Crippen LogP contribution < -0.4 is 18.9 Å². The third kappa shape index (κ3) is 7.49. The number of para-hydroxylation sites is 4. The van der Waals surface area contributed by atoms with E-state index in [-0.39, 0.29) is 5.41 Å². The predicted molar refractivity (Wildman–Crippen MR) is 295 cm³/mol. The molecule has 4 nitrogen and oxygen atoms in total. The van der Waals surface area contributed by atoms with Crippen LogP contribution in [0.5, 0.6) is 34.5 Å². The van der Waals surface area contributed by atoms with Crippen molar-refractivity contribution in [3.8, 4) is 58.2 Å². The summed E-state index contributed by atoms with van der Waals surface area (Å²) in [6.45, 7) is 9.02. The summed E-state index contributed by atoms with van der Waals surface area (Å²) in [6.07, 6.45) is 0. The molecule has 0 unspecified atom stereocenters. The molecule has 0 aromatic heterocycles. The lowest BCUT2D eigenvalue weighted by Gasteiger charge is -2.42. The summed E-state index contributed by atoms with van der Waals surface area (Å²) < 4.78 is 25.3. The van der Waals surface area contributed by atoms with Crippen molar-refractivity contribution in [2.24, 2.45) is 0 Å². The Balaban J connectivity index is 0.957. The van der Waals surface area contributed by atoms with Crippen molar-refractivity contribution in [3.63, 3.8) is 0 Å². The number of fused-ring (bicyclic) bond motifs is 6. The molecule has 0 bridgehead atoms. The van der Waals surface area contributed by atoms with E-state index >= 15 is 0 Å². The van der Waals surface area contributed by atoms with Crippen molar-refractivity contribution in [2.45, 2.75) is 43.9 Å². The molecule has 352 valence electrons. The maximum absolute atomic E-state index is 6.68. The van der Waals surface area contributed by atoms with E-state index in [1.54, 1.807) is 0 Å². The Morgan fingerprint density at radius 3 is 1.04 bits per heavy atom. The Kier molecular flexibility index (Phi) is 11.4. The SMILES string of the molecule is CC#CCOc1ccc2cc(C3(c4ccc(C(C)(C)c5ccc(C6(c7ccc8cc(OCC#CC)ccc8c7)c7ccccc7Oc7ccccc76)cc5)cc4)c4ccccc4Oc4ccccc43)ccc2c1. The van der Waals surface area contributed by atoms with E-state index in [2.05, 4.69) is 244 Å². The van der Waals surface area contributed by atoms with Gasteiger partial charge in [-0.1, -0.05) is 183 Å². The highest BCUT2D eigenvalue weighted by molar-refractivity contribution is 5.87. The van der Waals surface area contributed by atoms with E-state index in [0.29, 0.717) is 13.2 Å². The highest BCUT2D eigenvalue weighted by Gasteiger charge is 2.47. The maximum atomic E-state index is 6.68. The van der Waals surface area contributed by atoms with Crippen LogP contribution in [0.1, 0.15) is 83.3 Å². The van der Waals surface area contributed by atoms with E-state index in [1.165, 1.54) is 11.1 Å². The lowest BCUT2D eigenvalue weighted by molar-refractivity contribution is 0.370. The van der Waals surface area contributed by atoms with Gasteiger partial charge in [0.15, 0.2) is 0 Å². The van der Waals surface area contributed by atoms with E-state index in [1.807, 2.05) is 26.0 Å². The molecule has 0 aliphatic carbocycles. The third-order valence-electron chi connectivity index (χ3n) is 15.1. The first-order chi connectivity index (χ1) is 35.8. The molecule has 4 heteroatoms. The first-order valence-electron chi connectivity index (χ1n) is 24.9. The fourth-order valence-electron chi connectivity index (χ4n) is 11.5. The van der Waals surface area contributed by atoms with Gasteiger partial charge in [-0.05, 0) is 129 Å². The van der Waals surface area contributed by atoms with E-state index in [0.717, 1.165) is 101 Å². The van der Waals surface area contributed by atoms with Gasteiger partial charge >= 0.3 is 0 Å². The second-order valence-corrected chi connectivity index (χ2v) is 19.3. The lowest BCUT2D eigenvalue weighted by Crippen LogP contribution is -2.34. The smallest absolute Gasteiger partial charge is 0.149 e. The molecule has 2 aliphatic rings. The number of hydrogen-bond acceptors (Lipinski definition) is 4. The van der Waals surface area contributed by atoms with Crippen molar-refractivity contribution in [3.05, 3.63) is 274 Å². The Labute approximate surface area is 427 Å². The van der Waals surface area contributed by atoms with Crippen LogP contribution in [0, 0.1) is 23.7 Å². The van der Waals surface area contributed by atoms with Crippen molar-refractivity contribution < 1.29 is 18.9 Å². The number of ether oxygens (including phenoxy) is 4. The van der Waals surface area contributed by atoms with Gasteiger partial charge in [0, 0.05) is 27.7 Å². The number of benzene rings is 10. The van der Waals surface area contributed by atoms with E-state index in [4.69, 9.17) is 18.9 Å². The lowest BCUT2D eigenvalue weighted by atomic mass is 9.62. The first kappa shape index (κ1) is 45.2. The van der Waals surface area contributed by atoms with Gasteiger partial charge in [0.05, 0.1) is 10.8 Å². The standard InChI is InChI=1S/C69H52O4/c1-5-7-41-70-57-39-27-47-43-55(29-25-49(47)45-57)68(59-17-9-13-21-63(59)72-64-22-14-10-18-60(64)68)53-35-31-51(32-36-53)67(3,4)52-33-37-54(38-34-52)69(61-19-11-15-23-65(61)73-66-24-16-12-20-62(66)69)56-30-26-50-46-58(71-42-8-6-2)40-28-48(50)44-56/h9-40,43-46H,41-42H2,1-4H3. The van der Waals surface area contributed by atoms with Crippen LogP contribution in [-0.4, -0.2) is 13.2 Å². The molecule has 10 aromatic rings. The molecule has 73 heavy (non-hydrogen) atoms. The Morgan fingerprint density at radius 2 is 0.685 bits per heavy atom. The molecule has 0 fully saturated rings. The molecule has 0 amide bonds. The van der Waals surface area contributed by atoms with Gasteiger partial charge in [-0.15, -0.1) is 11.8 Å². The van der Waals surface area contributed by atoms with Crippen LogP contribution in [0.15, 0.2) is 218 Å². The largest absolute Gasteiger partial charge is 0.481 e. The zero-order valence-corrected chi connectivity index (χ0v) is 41.3. The summed E-state index contributed by atoms with van der Waals surface area (Å²) in [5, 5.41) is 4.46. The fourth-order valence-corrected chi connectivity index (χ4v) is 11.5. The zero-order valence-electron chi connectivity index (χ0n) is 41.3. The van der Waals surface area contributed by atoms with Crippen molar-refractivity contribution in [1.29, 1.82) is 0 Å². The maximum Gasteiger partial charge on any atom is 0.149 e. The molecule has 0 saturated carbocycles. The van der Waals surface area contributed by atoms with Crippen LogP contribution in [0.2, 0.25) is 0 Å². The molecule has 10 aromatic carbocycles. The molecule has 0 N–H and O–H groups in total. The van der Waals surface area contributed by atoms with Crippen molar-refractivity contribution in [2.75, 3.05) is 13.2 Å². The second-order valence-electron chi connectivity index (χ2n) is 19.3. The normalized spacial score (nSPS) is 13.5. The highest BCUT2D eigenvalue weighted by atomic mass is 16.5. The highest BCUT2D eigenvalue weighted by Crippen LogP contribution is 2.57. The van der Waals surface area contributed by atoms with Gasteiger partial charge in [0.1, 0.15) is 47.7 Å². The van der Waals surface area contributed by atoms with Gasteiger partial charge in [-0.3, -0.25) is 0 Å². The van der Waals surface area contributed by atoms with Crippen LogP contribution in [0.3, 0.4) is 0 Å². The van der Waals surface area contributed by atoms with Crippen LogP contribution in [0.4, 0.5) is 0 Å². The van der Waals surface area contributed by atoms with Gasteiger partial charge in [0.2, 0.25) is 0 Å². The summed E-state index contributed by atoms with van der Waals surface area (Å²) >= 11 is 0. The molecule has 2 aliphatic heterocycles. The van der Waals surface area contributed by atoms with Gasteiger partial charge in [0.25, 0.3) is 0 Å². The van der Waals surface area contributed by atoms with Crippen molar-refractivity contribution >= 4 is 21.5 Å². The Morgan fingerprint density at radius 1 is 0.370 bits per heavy atom. The quantitative estimate of drug-likeness (QED) is 0.128. The minimum atomic E-state index is -0.677.